The number of hydrogen-bond acceptors (Lipinski definition) is 4. The van der Waals surface area contributed by atoms with Crippen molar-refractivity contribution in [2.75, 3.05) is 6.54 Å². The van der Waals surface area contributed by atoms with Gasteiger partial charge in [-0.2, -0.15) is 0 Å². The summed E-state index contributed by atoms with van der Waals surface area (Å²) in [6.07, 6.45) is 5.37. The first kappa shape index (κ1) is 13.7. The summed E-state index contributed by atoms with van der Waals surface area (Å²) in [6, 6.07) is 6.52. The summed E-state index contributed by atoms with van der Waals surface area (Å²) in [5, 5.41) is 11.5. The van der Waals surface area contributed by atoms with Crippen LogP contribution in [0, 0.1) is 0 Å². The highest BCUT2D eigenvalue weighted by molar-refractivity contribution is 5.94. The minimum Gasteiger partial charge on any atom is -0.477 e. The minimum absolute atomic E-state index is 0.0862. The molecule has 2 aromatic rings. The number of pyridine rings is 2. The van der Waals surface area contributed by atoms with Crippen LogP contribution >= 0.6 is 0 Å². The minimum atomic E-state index is -1.12. The summed E-state index contributed by atoms with van der Waals surface area (Å²) in [5.74, 6) is -1.40. The lowest BCUT2D eigenvalue weighted by atomic mass is 10.2. The standard InChI is InChI=1S/C14H13N3O3/c18-13(11-3-4-12(14(19)20)17-9-11)16-7-5-10-2-1-6-15-8-10/h1-4,6,8-9H,5,7H2,(H,16,18)(H,19,20). The fourth-order valence-corrected chi connectivity index (χ4v) is 1.62. The van der Waals surface area contributed by atoms with E-state index in [1.54, 1.807) is 12.4 Å². The molecule has 0 aromatic carbocycles. The molecule has 0 radical (unpaired) electrons. The highest BCUT2D eigenvalue weighted by atomic mass is 16.4. The van der Waals surface area contributed by atoms with Crippen LogP contribution in [0.3, 0.4) is 0 Å². The molecule has 1 amide bonds. The number of hydrogen-bond donors (Lipinski definition) is 2. The summed E-state index contributed by atoms with van der Waals surface area (Å²) in [5.41, 5.74) is 1.28. The number of carbonyl (C=O) groups is 2. The van der Waals surface area contributed by atoms with Crippen LogP contribution in [0.4, 0.5) is 0 Å². The number of amides is 1. The van der Waals surface area contributed by atoms with E-state index in [2.05, 4.69) is 15.3 Å². The first-order chi connectivity index (χ1) is 9.66. The Labute approximate surface area is 115 Å². The number of carbonyl (C=O) groups excluding carboxylic acids is 1. The zero-order chi connectivity index (χ0) is 14.4. The molecule has 2 rings (SSSR count). The van der Waals surface area contributed by atoms with Crippen LogP contribution in [0.25, 0.3) is 0 Å². The molecule has 0 fully saturated rings. The third kappa shape index (κ3) is 3.61. The lowest BCUT2D eigenvalue weighted by Gasteiger charge is -2.05. The van der Waals surface area contributed by atoms with E-state index >= 15 is 0 Å². The van der Waals surface area contributed by atoms with Gasteiger partial charge in [0.15, 0.2) is 0 Å². The Hall–Kier alpha value is -2.76. The number of carboxylic acids is 1. The van der Waals surface area contributed by atoms with Crippen LogP contribution in [-0.2, 0) is 6.42 Å². The summed E-state index contributed by atoms with van der Waals surface area (Å²) in [6.45, 7) is 0.477. The molecule has 6 heteroatoms. The molecular formula is C14H13N3O3. The van der Waals surface area contributed by atoms with Crippen LogP contribution in [0.5, 0.6) is 0 Å². The Morgan fingerprint density at radius 2 is 2.05 bits per heavy atom. The summed E-state index contributed by atoms with van der Waals surface area (Å²) >= 11 is 0. The Morgan fingerprint density at radius 1 is 1.20 bits per heavy atom. The van der Waals surface area contributed by atoms with Gasteiger partial charge < -0.3 is 10.4 Å². The average molecular weight is 271 g/mol. The molecule has 0 unspecified atom stereocenters. The van der Waals surface area contributed by atoms with E-state index in [-0.39, 0.29) is 11.6 Å². The van der Waals surface area contributed by atoms with Crippen molar-refractivity contribution in [2.24, 2.45) is 0 Å². The van der Waals surface area contributed by atoms with Crippen molar-refractivity contribution in [2.45, 2.75) is 6.42 Å². The van der Waals surface area contributed by atoms with Crippen LogP contribution in [0.15, 0.2) is 42.9 Å². The number of nitrogens with one attached hydrogen (secondary N) is 1. The molecule has 0 saturated heterocycles. The average Bonchev–Trinajstić information content (AvgIpc) is 2.48. The van der Waals surface area contributed by atoms with E-state index in [4.69, 9.17) is 5.11 Å². The van der Waals surface area contributed by atoms with Gasteiger partial charge in [0.1, 0.15) is 5.69 Å². The van der Waals surface area contributed by atoms with Crippen LogP contribution in [-0.4, -0.2) is 33.5 Å². The first-order valence-corrected chi connectivity index (χ1v) is 6.03. The summed E-state index contributed by atoms with van der Waals surface area (Å²) in [4.78, 5) is 30.1. The fourth-order valence-electron chi connectivity index (χ4n) is 1.62. The van der Waals surface area contributed by atoms with E-state index in [9.17, 15) is 9.59 Å². The third-order valence-corrected chi connectivity index (χ3v) is 2.67. The molecule has 0 saturated carbocycles. The van der Waals surface area contributed by atoms with E-state index < -0.39 is 5.97 Å². The van der Waals surface area contributed by atoms with Crippen molar-refractivity contribution >= 4 is 11.9 Å². The van der Waals surface area contributed by atoms with Crippen LogP contribution < -0.4 is 5.32 Å². The largest absolute Gasteiger partial charge is 0.477 e. The molecule has 2 N–H and O–H groups in total. The van der Waals surface area contributed by atoms with Crippen molar-refractivity contribution in [1.82, 2.24) is 15.3 Å². The highest BCUT2D eigenvalue weighted by Crippen LogP contribution is 2.01. The molecule has 0 aliphatic heterocycles. The molecule has 0 aliphatic carbocycles. The smallest absolute Gasteiger partial charge is 0.354 e. The molecule has 20 heavy (non-hydrogen) atoms. The van der Waals surface area contributed by atoms with Crippen molar-refractivity contribution in [3.63, 3.8) is 0 Å². The Balaban J connectivity index is 1.87. The van der Waals surface area contributed by atoms with E-state index in [0.717, 1.165) is 5.56 Å². The summed E-state index contributed by atoms with van der Waals surface area (Å²) in [7, 11) is 0. The molecule has 2 heterocycles. The number of carboxylic acid groups (broad SMARTS) is 1. The quantitative estimate of drug-likeness (QED) is 0.851. The number of nitrogens with zero attached hydrogens (tertiary/aromatic N) is 2. The Morgan fingerprint density at radius 3 is 2.65 bits per heavy atom. The Bertz CT molecular complexity index is 597. The second-order valence-electron chi connectivity index (χ2n) is 4.10. The van der Waals surface area contributed by atoms with Gasteiger partial charge >= 0.3 is 5.97 Å². The summed E-state index contributed by atoms with van der Waals surface area (Å²) < 4.78 is 0. The van der Waals surface area contributed by atoms with Gasteiger partial charge in [-0.1, -0.05) is 6.07 Å². The van der Waals surface area contributed by atoms with Crippen molar-refractivity contribution in [3.05, 3.63) is 59.7 Å². The lowest BCUT2D eigenvalue weighted by Crippen LogP contribution is -2.26. The lowest BCUT2D eigenvalue weighted by molar-refractivity contribution is 0.0689. The van der Waals surface area contributed by atoms with Crippen LogP contribution in [0.1, 0.15) is 26.4 Å². The van der Waals surface area contributed by atoms with Gasteiger partial charge in [-0.05, 0) is 30.2 Å². The number of rotatable bonds is 5. The zero-order valence-corrected chi connectivity index (χ0v) is 10.6. The third-order valence-electron chi connectivity index (χ3n) is 2.67. The van der Waals surface area contributed by atoms with Gasteiger partial charge in [0, 0.05) is 25.1 Å². The van der Waals surface area contributed by atoms with Crippen molar-refractivity contribution in [3.8, 4) is 0 Å². The molecular weight excluding hydrogens is 258 g/mol. The van der Waals surface area contributed by atoms with Gasteiger partial charge in [0.25, 0.3) is 5.91 Å². The maximum atomic E-state index is 11.8. The fraction of sp³-hybridized carbons (Fsp3) is 0.143. The maximum Gasteiger partial charge on any atom is 0.354 e. The molecule has 0 spiro atoms. The monoisotopic (exact) mass is 271 g/mol. The zero-order valence-electron chi connectivity index (χ0n) is 10.6. The van der Waals surface area contributed by atoms with Gasteiger partial charge in [-0.25, -0.2) is 9.78 Å². The second-order valence-corrected chi connectivity index (χ2v) is 4.10. The van der Waals surface area contributed by atoms with E-state index in [1.807, 2.05) is 12.1 Å². The Kier molecular flexibility index (Phi) is 4.39. The molecule has 0 bridgehead atoms. The molecule has 0 atom stereocenters. The molecule has 102 valence electrons. The van der Waals surface area contributed by atoms with Crippen molar-refractivity contribution < 1.29 is 14.7 Å². The normalized spacial score (nSPS) is 10.0. The van der Waals surface area contributed by atoms with Gasteiger partial charge in [0.2, 0.25) is 0 Å². The first-order valence-electron chi connectivity index (χ1n) is 6.03. The maximum absolute atomic E-state index is 11.8. The van der Waals surface area contributed by atoms with E-state index in [0.29, 0.717) is 18.5 Å². The molecule has 2 aromatic heterocycles. The van der Waals surface area contributed by atoms with Gasteiger partial charge in [-0.3, -0.25) is 9.78 Å². The van der Waals surface area contributed by atoms with Gasteiger partial charge in [-0.15, -0.1) is 0 Å². The van der Waals surface area contributed by atoms with E-state index in [1.165, 1.54) is 18.3 Å². The predicted octanol–water partition coefficient (Wildman–Crippen LogP) is 1.15. The molecule has 0 aliphatic rings. The number of aromatic nitrogens is 2. The van der Waals surface area contributed by atoms with Gasteiger partial charge in [0.05, 0.1) is 5.56 Å². The SMILES string of the molecule is O=C(NCCc1cccnc1)c1ccc(C(=O)O)nc1. The van der Waals surface area contributed by atoms with Crippen molar-refractivity contribution in [1.29, 1.82) is 0 Å². The number of aromatic carboxylic acids is 1. The molecule has 6 nitrogen and oxygen atoms in total. The predicted molar refractivity (Wildman–Crippen MR) is 71.5 cm³/mol. The van der Waals surface area contributed by atoms with Crippen LogP contribution in [0.2, 0.25) is 0 Å². The highest BCUT2D eigenvalue weighted by Gasteiger charge is 2.08. The topological polar surface area (TPSA) is 92.2 Å². The second kappa shape index (κ2) is 6.42.